The van der Waals surface area contributed by atoms with Crippen molar-refractivity contribution in [3.63, 3.8) is 0 Å². The maximum absolute atomic E-state index is 6.01. The lowest BCUT2D eigenvalue weighted by Crippen LogP contribution is -2.41. The number of hydrogen-bond donors (Lipinski definition) is 0. The largest absolute Gasteiger partial charge is 0.498 e. The quantitative estimate of drug-likeness (QED) is 0.815. The fourth-order valence-electron chi connectivity index (χ4n) is 2.41. The van der Waals surface area contributed by atoms with Crippen LogP contribution in [0.4, 0.5) is 0 Å². The van der Waals surface area contributed by atoms with Gasteiger partial charge in [0.2, 0.25) is 0 Å². The Labute approximate surface area is 137 Å². The van der Waals surface area contributed by atoms with Gasteiger partial charge in [0.15, 0.2) is 5.82 Å². The Morgan fingerprint density at radius 3 is 2.09 bits per heavy atom. The van der Waals surface area contributed by atoms with Crippen LogP contribution in [-0.2, 0) is 9.31 Å². The van der Waals surface area contributed by atoms with Crippen molar-refractivity contribution in [1.29, 1.82) is 0 Å². The van der Waals surface area contributed by atoms with E-state index in [0.29, 0.717) is 5.82 Å². The highest BCUT2D eigenvalue weighted by Crippen LogP contribution is 2.36. The first-order valence-electron chi connectivity index (χ1n) is 7.65. The molecule has 2 aromatic rings. The third kappa shape index (κ3) is 2.84. The molecule has 0 N–H and O–H groups in total. The molecule has 0 unspecified atom stereocenters. The van der Waals surface area contributed by atoms with Crippen molar-refractivity contribution in [3.8, 4) is 17.1 Å². The molecule has 0 amide bonds. The summed E-state index contributed by atoms with van der Waals surface area (Å²) in [5, 5.41) is 0. The fraction of sp³-hybridized carbons (Fsp3) is 0.412. The van der Waals surface area contributed by atoms with E-state index >= 15 is 0 Å². The van der Waals surface area contributed by atoms with Crippen LogP contribution >= 0.6 is 0 Å². The first kappa shape index (κ1) is 16.0. The van der Waals surface area contributed by atoms with Gasteiger partial charge in [0, 0.05) is 17.9 Å². The lowest BCUT2D eigenvalue weighted by Gasteiger charge is -2.32. The van der Waals surface area contributed by atoms with E-state index in [0.717, 1.165) is 16.8 Å². The number of benzene rings is 1. The van der Waals surface area contributed by atoms with Gasteiger partial charge in [-0.25, -0.2) is 9.97 Å². The average Bonchev–Trinajstić information content (AvgIpc) is 2.75. The number of aromatic nitrogens is 2. The summed E-state index contributed by atoms with van der Waals surface area (Å²) in [6, 6.07) is 7.67. The summed E-state index contributed by atoms with van der Waals surface area (Å²) < 4.78 is 17.4. The zero-order valence-corrected chi connectivity index (χ0v) is 14.2. The van der Waals surface area contributed by atoms with Crippen LogP contribution in [0.1, 0.15) is 27.7 Å². The highest BCUT2D eigenvalue weighted by Gasteiger charge is 2.51. The lowest BCUT2D eigenvalue weighted by atomic mass is 9.81. The second-order valence-corrected chi connectivity index (χ2v) is 6.63. The lowest BCUT2D eigenvalue weighted by molar-refractivity contribution is 0.00578. The molecule has 1 fully saturated rings. The summed E-state index contributed by atoms with van der Waals surface area (Å²) in [6.07, 6.45) is 3.49. The van der Waals surface area contributed by atoms with Gasteiger partial charge in [-0.15, -0.1) is 0 Å². The van der Waals surface area contributed by atoms with Gasteiger partial charge in [-0.2, -0.15) is 0 Å². The Morgan fingerprint density at radius 2 is 1.52 bits per heavy atom. The van der Waals surface area contributed by atoms with Gasteiger partial charge in [0.25, 0.3) is 0 Å². The Bertz CT molecular complexity index is 685. The van der Waals surface area contributed by atoms with Crippen LogP contribution in [0.3, 0.4) is 0 Å². The standard InChI is InChI=1S/C17H21BN2O3/c1-16(2)17(3,4)23-18(22-16)12-10-19-15(20-11-12)13-8-6-7-9-14(13)21-5/h6-11H,1-5H3. The third-order valence-electron chi connectivity index (χ3n) is 4.55. The van der Waals surface area contributed by atoms with Crippen LogP contribution in [-0.4, -0.2) is 35.4 Å². The first-order valence-corrected chi connectivity index (χ1v) is 7.65. The molecule has 0 bridgehead atoms. The summed E-state index contributed by atoms with van der Waals surface area (Å²) >= 11 is 0. The second-order valence-electron chi connectivity index (χ2n) is 6.63. The summed E-state index contributed by atoms with van der Waals surface area (Å²) in [7, 11) is 1.18. The number of hydrogen-bond acceptors (Lipinski definition) is 5. The van der Waals surface area contributed by atoms with Gasteiger partial charge in [-0.05, 0) is 39.8 Å². The molecule has 0 atom stereocenters. The Kier molecular flexibility index (Phi) is 3.90. The summed E-state index contributed by atoms with van der Waals surface area (Å²) in [5.41, 5.74) is 0.913. The number of ether oxygens (including phenoxy) is 1. The topological polar surface area (TPSA) is 53.5 Å². The van der Waals surface area contributed by atoms with E-state index in [1.165, 1.54) is 0 Å². The summed E-state index contributed by atoms with van der Waals surface area (Å²) in [6.45, 7) is 8.10. The number of para-hydroxylation sites is 1. The van der Waals surface area contributed by atoms with Gasteiger partial charge >= 0.3 is 7.12 Å². The molecule has 6 heteroatoms. The molecule has 5 nitrogen and oxygen atoms in total. The molecule has 0 spiro atoms. The Balaban J connectivity index is 1.86. The highest BCUT2D eigenvalue weighted by atomic mass is 16.7. The van der Waals surface area contributed by atoms with Crippen molar-refractivity contribution in [2.75, 3.05) is 7.11 Å². The monoisotopic (exact) mass is 312 g/mol. The van der Waals surface area contributed by atoms with Gasteiger partial charge in [0.1, 0.15) is 5.75 Å². The second kappa shape index (κ2) is 5.62. The van der Waals surface area contributed by atoms with E-state index < -0.39 is 7.12 Å². The van der Waals surface area contributed by atoms with Crippen molar-refractivity contribution >= 4 is 12.6 Å². The third-order valence-corrected chi connectivity index (χ3v) is 4.55. The van der Waals surface area contributed by atoms with Gasteiger partial charge < -0.3 is 14.0 Å². The molecule has 0 saturated carbocycles. The Hall–Kier alpha value is -1.92. The minimum Gasteiger partial charge on any atom is -0.496 e. The molecule has 120 valence electrons. The maximum Gasteiger partial charge on any atom is 0.498 e. The predicted molar refractivity (Wildman–Crippen MR) is 89.7 cm³/mol. The molecule has 1 aromatic heterocycles. The smallest absolute Gasteiger partial charge is 0.496 e. The molecule has 1 saturated heterocycles. The van der Waals surface area contributed by atoms with E-state index in [1.807, 2.05) is 52.0 Å². The first-order chi connectivity index (χ1) is 10.8. The van der Waals surface area contributed by atoms with Crippen LogP contribution in [0.15, 0.2) is 36.7 Å². The predicted octanol–water partition coefficient (Wildman–Crippen LogP) is 2.45. The molecule has 1 aromatic carbocycles. The van der Waals surface area contributed by atoms with E-state index in [1.54, 1.807) is 19.5 Å². The Morgan fingerprint density at radius 1 is 0.957 bits per heavy atom. The molecule has 0 radical (unpaired) electrons. The molecule has 2 heterocycles. The number of methoxy groups -OCH3 is 1. The summed E-state index contributed by atoms with van der Waals surface area (Å²) in [5.74, 6) is 1.36. The zero-order chi connectivity index (χ0) is 16.7. The van der Waals surface area contributed by atoms with Crippen molar-refractivity contribution in [3.05, 3.63) is 36.7 Å². The van der Waals surface area contributed by atoms with E-state index in [4.69, 9.17) is 14.0 Å². The molecular weight excluding hydrogens is 291 g/mol. The SMILES string of the molecule is COc1ccccc1-c1ncc(B2OC(C)(C)C(C)(C)O2)cn1. The number of nitrogens with zero attached hydrogens (tertiary/aromatic N) is 2. The van der Waals surface area contributed by atoms with Gasteiger partial charge in [-0.3, -0.25) is 0 Å². The van der Waals surface area contributed by atoms with E-state index in [2.05, 4.69) is 9.97 Å². The van der Waals surface area contributed by atoms with Crippen LogP contribution < -0.4 is 10.2 Å². The van der Waals surface area contributed by atoms with Crippen molar-refractivity contribution in [2.45, 2.75) is 38.9 Å². The normalized spacial score (nSPS) is 18.9. The van der Waals surface area contributed by atoms with Gasteiger partial charge in [-0.1, -0.05) is 12.1 Å². The molecule has 1 aliphatic heterocycles. The van der Waals surface area contributed by atoms with Crippen LogP contribution in [0, 0.1) is 0 Å². The van der Waals surface area contributed by atoms with E-state index in [-0.39, 0.29) is 11.2 Å². The molecule has 0 aliphatic carbocycles. The molecule has 1 aliphatic rings. The molecular formula is C17H21BN2O3. The highest BCUT2D eigenvalue weighted by molar-refractivity contribution is 6.61. The maximum atomic E-state index is 6.01. The van der Waals surface area contributed by atoms with Crippen LogP contribution in [0.5, 0.6) is 5.75 Å². The molecule has 23 heavy (non-hydrogen) atoms. The minimum absolute atomic E-state index is 0.376. The zero-order valence-electron chi connectivity index (χ0n) is 14.2. The minimum atomic E-state index is -0.452. The molecule has 3 rings (SSSR count). The van der Waals surface area contributed by atoms with Crippen LogP contribution in [0.25, 0.3) is 11.4 Å². The van der Waals surface area contributed by atoms with Crippen LogP contribution in [0.2, 0.25) is 0 Å². The van der Waals surface area contributed by atoms with Crippen molar-refractivity contribution in [2.24, 2.45) is 0 Å². The van der Waals surface area contributed by atoms with Crippen molar-refractivity contribution in [1.82, 2.24) is 9.97 Å². The summed E-state index contributed by atoms with van der Waals surface area (Å²) in [4.78, 5) is 8.89. The van der Waals surface area contributed by atoms with E-state index in [9.17, 15) is 0 Å². The van der Waals surface area contributed by atoms with Crippen molar-refractivity contribution < 1.29 is 14.0 Å². The average molecular weight is 312 g/mol. The fourth-order valence-corrected chi connectivity index (χ4v) is 2.41. The number of rotatable bonds is 3. The van der Waals surface area contributed by atoms with Gasteiger partial charge in [0.05, 0.1) is 23.9 Å².